The minimum absolute atomic E-state index is 0.115. The molecule has 1 fully saturated rings. The summed E-state index contributed by atoms with van der Waals surface area (Å²) in [4.78, 5) is 0. The van der Waals surface area contributed by atoms with Crippen LogP contribution in [0.5, 0.6) is 0 Å². The Morgan fingerprint density at radius 2 is 1.80 bits per heavy atom. The van der Waals surface area contributed by atoms with Gasteiger partial charge in [0.15, 0.2) is 0 Å². The van der Waals surface area contributed by atoms with Crippen LogP contribution in [0.2, 0.25) is 0 Å². The van der Waals surface area contributed by atoms with Crippen molar-refractivity contribution >= 4 is 0 Å². The molecule has 0 bridgehead atoms. The van der Waals surface area contributed by atoms with Crippen molar-refractivity contribution in [2.24, 2.45) is 5.92 Å². The van der Waals surface area contributed by atoms with Crippen molar-refractivity contribution in [3.63, 3.8) is 0 Å². The van der Waals surface area contributed by atoms with Crippen molar-refractivity contribution in [2.45, 2.75) is 77.5 Å². The topological polar surface area (TPSA) is 32.3 Å². The molecule has 0 saturated heterocycles. The minimum Gasteiger partial charge on any atom is -0.392 e. The van der Waals surface area contributed by atoms with Crippen LogP contribution in [0, 0.1) is 5.92 Å². The van der Waals surface area contributed by atoms with Crippen LogP contribution in [0.1, 0.15) is 59.3 Å². The second-order valence-electron chi connectivity index (χ2n) is 4.99. The second kappa shape index (κ2) is 6.49. The highest BCUT2D eigenvalue weighted by Gasteiger charge is 2.25. The largest absolute Gasteiger partial charge is 0.392 e. The van der Waals surface area contributed by atoms with E-state index in [0.29, 0.717) is 12.1 Å². The van der Waals surface area contributed by atoms with Gasteiger partial charge in [-0.1, -0.05) is 39.5 Å². The average molecular weight is 213 g/mol. The summed E-state index contributed by atoms with van der Waals surface area (Å²) in [5.74, 6) is 0.749. The van der Waals surface area contributed by atoms with E-state index in [9.17, 15) is 5.11 Å². The maximum Gasteiger partial charge on any atom is 0.0693 e. The summed E-state index contributed by atoms with van der Waals surface area (Å²) < 4.78 is 0. The Hall–Kier alpha value is -0.0800. The van der Waals surface area contributed by atoms with Crippen LogP contribution in [0.15, 0.2) is 0 Å². The quantitative estimate of drug-likeness (QED) is 0.736. The summed E-state index contributed by atoms with van der Waals surface area (Å²) in [5, 5.41) is 13.5. The van der Waals surface area contributed by atoms with Crippen molar-refractivity contribution in [2.75, 3.05) is 0 Å². The molecule has 0 aromatic heterocycles. The normalized spacial score (nSPS) is 29.4. The zero-order valence-corrected chi connectivity index (χ0v) is 10.5. The molecule has 0 aromatic carbocycles. The smallest absolute Gasteiger partial charge is 0.0693 e. The van der Waals surface area contributed by atoms with Crippen LogP contribution in [-0.4, -0.2) is 23.3 Å². The standard InChI is InChI=1S/C13H27NO/c1-4-11(5-2)10(3)14-12-8-6-7-9-13(12)15/h10-15H,4-9H2,1-3H3/t10?,12-,13-/m1/s1. The Morgan fingerprint density at radius 1 is 1.20 bits per heavy atom. The third-order valence-corrected chi connectivity index (χ3v) is 3.96. The van der Waals surface area contributed by atoms with Crippen molar-refractivity contribution < 1.29 is 5.11 Å². The van der Waals surface area contributed by atoms with Crippen molar-refractivity contribution in [3.05, 3.63) is 0 Å². The lowest BCUT2D eigenvalue weighted by Crippen LogP contribution is -2.48. The first-order chi connectivity index (χ1) is 7.19. The summed E-state index contributed by atoms with van der Waals surface area (Å²) in [6.45, 7) is 6.77. The molecule has 2 heteroatoms. The van der Waals surface area contributed by atoms with Gasteiger partial charge in [-0.15, -0.1) is 0 Å². The predicted octanol–water partition coefficient (Wildman–Crippen LogP) is 2.70. The number of hydrogen-bond donors (Lipinski definition) is 2. The first kappa shape index (κ1) is 13.0. The van der Waals surface area contributed by atoms with E-state index in [-0.39, 0.29) is 6.10 Å². The van der Waals surface area contributed by atoms with Crippen LogP contribution >= 0.6 is 0 Å². The van der Waals surface area contributed by atoms with Gasteiger partial charge in [0.2, 0.25) is 0 Å². The van der Waals surface area contributed by atoms with E-state index in [1.54, 1.807) is 0 Å². The molecule has 2 nitrogen and oxygen atoms in total. The molecule has 3 atom stereocenters. The lowest BCUT2D eigenvalue weighted by atomic mass is 9.89. The molecule has 1 aliphatic rings. The fourth-order valence-electron chi connectivity index (χ4n) is 2.78. The fraction of sp³-hybridized carbons (Fsp3) is 1.00. The fourth-order valence-corrected chi connectivity index (χ4v) is 2.78. The summed E-state index contributed by atoms with van der Waals surface area (Å²) in [5.41, 5.74) is 0. The van der Waals surface area contributed by atoms with Gasteiger partial charge in [0.1, 0.15) is 0 Å². The molecule has 0 aromatic rings. The van der Waals surface area contributed by atoms with Crippen LogP contribution in [0.3, 0.4) is 0 Å². The highest BCUT2D eigenvalue weighted by molar-refractivity contribution is 4.84. The van der Waals surface area contributed by atoms with E-state index in [1.807, 2.05) is 0 Å². The van der Waals surface area contributed by atoms with Gasteiger partial charge in [-0.2, -0.15) is 0 Å². The molecule has 0 amide bonds. The third-order valence-electron chi connectivity index (χ3n) is 3.96. The number of hydrogen-bond acceptors (Lipinski definition) is 2. The number of aliphatic hydroxyl groups is 1. The summed E-state index contributed by atoms with van der Waals surface area (Å²) in [7, 11) is 0. The maximum atomic E-state index is 9.88. The van der Waals surface area contributed by atoms with Crippen molar-refractivity contribution in [3.8, 4) is 0 Å². The minimum atomic E-state index is -0.115. The molecule has 1 unspecified atom stereocenters. The van der Waals surface area contributed by atoms with Gasteiger partial charge in [-0.05, 0) is 25.7 Å². The monoisotopic (exact) mass is 213 g/mol. The van der Waals surface area contributed by atoms with Crippen molar-refractivity contribution in [1.82, 2.24) is 5.32 Å². The van der Waals surface area contributed by atoms with Crippen LogP contribution < -0.4 is 5.32 Å². The van der Waals surface area contributed by atoms with E-state index in [0.717, 1.165) is 18.8 Å². The molecule has 2 N–H and O–H groups in total. The Balaban J connectivity index is 2.38. The highest BCUT2D eigenvalue weighted by Crippen LogP contribution is 2.21. The molecule has 0 heterocycles. The van der Waals surface area contributed by atoms with Gasteiger partial charge in [0.25, 0.3) is 0 Å². The van der Waals surface area contributed by atoms with E-state index in [4.69, 9.17) is 0 Å². The Kier molecular flexibility index (Phi) is 5.62. The average Bonchev–Trinajstić information content (AvgIpc) is 2.23. The second-order valence-corrected chi connectivity index (χ2v) is 4.99. The predicted molar refractivity (Wildman–Crippen MR) is 64.9 cm³/mol. The van der Waals surface area contributed by atoms with Crippen LogP contribution in [0.25, 0.3) is 0 Å². The van der Waals surface area contributed by atoms with E-state index >= 15 is 0 Å². The molecule has 1 rings (SSSR count). The lowest BCUT2D eigenvalue weighted by Gasteiger charge is -2.33. The molecule has 1 saturated carbocycles. The zero-order chi connectivity index (χ0) is 11.3. The summed E-state index contributed by atoms with van der Waals surface area (Å²) >= 11 is 0. The molecule has 0 spiro atoms. The van der Waals surface area contributed by atoms with Gasteiger partial charge >= 0.3 is 0 Å². The first-order valence-electron chi connectivity index (χ1n) is 6.63. The molecule has 1 aliphatic carbocycles. The molecular formula is C13H27NO. The molecule has 90 valence electrons. The van der Waals surface area contributed by atoms with Gasteiger partial charge in [-0.3, -0.25) is 0 Å². The van der Waals surface area contributed by atoms with E-state index < -0.39 is 0 Å². The maximum absolute atomic E-state index is 9.88. The van der Waals surface area contributed by atoms with Gasteiger partial charge < -0.3 is 10.4 Å². The third kappa shape index (κ3) is 3.76. The Labute approximate surface area is 94.5 Å². The molecular weight excluding hydrogens is 186 g/mol. The SMILES string of the molecule is CCC(CC)C(C)N[C@@H]1CCCC[C@H]1O. The number of nitrogens with one attached hydrogen (secondary N) is 1. The van der Waals surface area contributed by atoms with Gasteiger partial charge in [0.05, 0.1) is 6.10 Å². The van der Waals surface area contributed by atoms with Crippen molar-refractivity contribution in [1.29, 1.82) is 0 Å². The lowest BCUT2D eigenvalue weighted by molar-refractivity contribution is 0.0807. The van der Waals surface area contributed by atoms with Crippen LogP contribution in [-0.2, 0) is 0 Å². The summed E-state index contributed by atoms with van der Waals surface area (Å²) in [6.07, 6.45) is 6.93. The van der Waals surface area contributed by atoms with Gasteiger partial charge in [-0.25, -0.2) is 0 Å². The number of rotatable bonds is 5. The molecule has 0 radical (unpaired) electrons. The van der Waals surface area contributed by atoms with Crippen LogP contribution in [0.4, 0.5) is 0 Å². The van der Waals surface area contributed by atoms with Gasteiger partial charge in [0, 0.05) is 12.1 Å². The highest BCUT2D eigenvalue weighted by atomic mass is 16.3. The van der Waals surface area contributed by atoms with E-state index in [2.05, 4.69) is 26.1 Å². The number of aliphatic hydroxyl groups excluding tert-OH is 1. The first-order valence-corrected chi connectivity index (χ1v) is 6.63. The molecule has 0 aliphatic heterocycles. The molecule has 15 heavy (non-hydrogen) atoms. The van der Waals surface area contributed by atoms with E-state index in [1.165, 1.54) is 25.7 Å². The Bertz CT molecular complexity index is 168. The summed E-state index contributed by atoms with van der Waals surface area (Å²) in [6, 6.07) is 0.882. The zero-order valence-electron chi connectivity index (χ0n) is 10.5. The Morgan fingerprint density at radius 3 is 2.33 bits per heavy atom.